The van der Waals surface area contributed by atoms with Crippen molar-refractivity contribution in [2.24, 2.45) is 7.05 Å². The molecule has 5 aromatic rings. The second-order valence-corrected chi connectivity index (χ2v) is 6.96. The lowest BCUT2D eigenvalue weighted by atomic mass is 10.0. The van der Waals surface area contributed by atoms with Gasteiger partial charge in [0.15, 0.2) is 0 Å². The molecule has 0 bridgehead atoms. The van der Waals surface area contributed by atoms with Crippen molar-refractivity contribution in [3.63, 3.8) is 0 Å². The van der Waals surface area contributed by atoms with Gasteiger partial charge in [0.05, 0.1) is 16.6 Å². The van der Waals surface area contributed by atoms with Gasteiger partial charge in [0, 0.05) is 23.5 Å². The normalized spacial score (nSPS) is 11.8. The summed E-state index contributed by atoms with van der Waals surface area (Å²) in [7, 11) is 2.05. The van der Waals surface area contributed by atoms with Gasteiger partial charge < -0.3 is 8.98 Å². The maximum absolute atomic E-state index is 6.24. The summed E-state index contributed by atoms with van der Waals surface area (Å²) in [6.45, 7) is 6.22. The fraction of sp³-hybridized carbons (Fsp3) is 0.182. The van der Waals surface area contributed by atoms with Crippen LogP contribution in [0.3, 0.4) is 0 Å². The fourth-order valence-corrected chi connectivity index (χ4v) is 3.72. The van der Waals surface area contributed by atoms with Crippen molar-refractivity contribution in [3.8, 4) is 11.4 Å². The molecule has 0 radical (unpaired) electrons. The molecule has 4 nitrogen and oxygen atoms in total. The Hall–Kier alpha value is -3.14. The molecule has 0 fully saturated rings. The molecule has 0 unspecified atom stereocenters. The number of nitrogens with zero attached hydrogens (tertiary/aromatic N) is 3. The maximum atomic E-state index is 6.24. The summed E-state index contributed by atoms with van der Waals surface area (Å²) >= 11 is 0. The molecule has 0 spiro atoms. The van der Waals surface area contributed by atoms with Gasteiger partial charge >= 0.3 is 0 Å². The third-order valence-corrected chi connectivity index (χ3v) is 5.29. The van der Waals surface area contributed by atoms with E-state index in [1.807, 2.05) is 32.2 Å². The number of imidazole rings is 1. The third kappa shape index (κ3) is 1.96. The van der Waals surface area contributed by atoms with Crippen molar-refractivity contribution >= 4 is 33.1 Å². The molecule has 0 aliphatic heterocycles. The van der Waals surface area contributed by atoms with E-state index < -0.39 is 0 Å². The zero-order valence-electron chi connectivity index (χ0n) is 15.3. The number of rotatable bonds is 1. The number of hydrogen-bond acceptors (Lipinski definition) is 3. The van der Waals surface area contributed by atoms with E-state index in [0.717, 1.165) is 44.5 Å². The molecule has 0 saturated heterocycles. The number of aryl methyl sites for hydroxylation is 4. The lowest BCUT2D eigenvalue weighted by molar-refractivity contribution is 0.652. The van der Waals surface area contributed by atoms with E-state index in [1.54, 1.807) is 0 Å². The van der Waals surface area contributed by atoms with Crippen molar-refractivity contribution in [3.05, 3.63) is 59.3 Å². The van der Waals surface area contributed by atoms with E-state index >= 15 is 0 Å². The molecule has 0 atom stereocenters. The summed E-state index contributed by atoms with van der Waals surface area (Å²) in [5, 5.41) is 2.20. The second kappa shape index (κ2) is 5.18. The fourth-order valence-electron chi connectivity index (χ4n) is 3.72. The van der Waals surface area contributed by atoms with E-state index in [-0.39, 0.29) is 0 Å². The summed E-state index contributed by atoms with van der Waals surface area (Å²) in [6, 6.07) is 14.6. The average Bonchev–Trinajstić information content (AvgIpc) is 3.15. The standard InChI is InChI=1S/C22H19N3O/c1-12-9-10-15(21-24-17-7-5-6-8-18(17)25(21)4)20-19(12)16-11-13(2)14(3)23-22(16)26-20/h5-11H,1-4H3. The van der Waals surface area contributed by atoms with Crippen LogP contribution in [0.2, 0.25) is 0 Å². The predicted octanol–water partition coefficient (Wildman–Crippen LogP) is 5.46. The maximum Gasteiger partial charge on any atom is 0.227 e. The largest absolute Gasteiger partial charge is 0.437 e. The first-order valence-electron chi connectivity index (χ1n) is 8.76. The van der Waals surface area contributed by atoms with Gasteiger partial charge in [-0.1, -0.05) is 18.2 Å². The monoisotopic (exact) mass is 341 g/mol. The minimum Gasteiger partial charge on any atom is -0.437 e. The van der Waals surface area contributed by atoms with E-state index in [4.69, 9.17) is 9.40 Å². The molecule has 0 amide bonds. The number of furan rings is 1. The number of aromatic nitrogens is 3. The number of pyridine rings is 1. The topological polar surface area (TPSA) is 43.9 Å². The van der Waals surface area contributed by atoms with E-state index in [9.17, 15) is 0 Å². The molecule has 0 saturated carbocycles. The Labute approximate surface area is 151 Å². The van der Waals surface area contributed by atoms with Crippen molar-refractivity contribution in [1.82, 2.24) is 14.5 Å². The predicted molar refractivity (Wildman–Crippen MR) is 105 cm³/mol. The van der Waals surface area contributed by atoms with Gasteiger partial charge in [0.2, 0.25) is 5.71 Å². The molecule has 3 aromatic heterocycles. The van der Waals surface area contributed by atoms with Crippen LogP contribution in [-0.2, 0) is 7.05 Å². The van der Waals surface area contributed by atoms with Gasteiger partial charge in [-0.25, -0.2) is 9.97 Å². The molecular formula is C22H19N3O. The summed E-state index contributed by atoms with van der Waals surface area (Å²) in [6.07, 6.45) is 0. The first-order valence-corrected chi connectivity index (χ1v) is 8.76. The minimum absolute atomic E-state index is 0.692. The van der Waals surface area contributed by atoms with Crippen LogP contribution in [0.15, 0.2) is 46.9 Å². The van der Waals surface area contributed by atoms with Crippen LogP contribution >= 0.6 is 0 Å². The zero-order chi connectivity index (χ0) is 18.0. The van der Waals surface area contributed by atoms with Gasteiger partial charge in [-0.15, -0.1) is 0 Å². The van der Waals surface area contributed by atoms with Gasteiger partial charge in [-0.3, -0.25) is 0 Å². The molecular weight excluding hydrogens is 322 g/mol. The molecule has 4 heteroatoms. The van der Waals surface area contributed by atoms with Crippen LogP contribution < -0.4 is 0 Å². The summed E-state index contributed by atoms with van der Waals surface area (Å²) in [5.41, 5.74) is 8.00. The highest BCUT2D eigenvalue weighted by Crippen LogP contribution is 2.38. The second-order valence-electron chi connectivity index (χ2n) is 6.96. The van der Waals surface area contributed by atoms with Gasteiger partial charge in [-0.2, -0.15) is 0 Å². The van der Waals surface area contributed by atoms with Gasteiger partial charge in [-0.05, 0) is 56.2 Å². The van der Waals surface area contributed by atoms with Crippen LogP contribution in [0, 0.1) is 20.8 Å². The number of fused-ring (bicyclic) bond motifs is 4. The van der Waals surface area contributed by atoms with E-state index in [1.165, 1.54) is 11.1 Å². The summed E-state index contributed by atoms with van der Waals surface area (Å²) in [5.74, 6) is 0.906. The zero-order valence-corrected chi connectivity index (χ0v) is 15.3. The Morgan fingerprint density at radius 1 is 0.923 bits per heavy atom. The molecule has 2 aromatic carbocycles. The van der Waals surface area contributed by atoms with Crippen LogP contribution in [0.1, 0.15) is 16.8 Å². The van der Waals surface area contributed by atoms with Crippen LogP contribution in [0.5, 0.6) is 0 Å². The van der Waals surface area contributed by atoms with Crippen LogP contribution in [-0.4, -0.2) is 14.5 Å². The van der Waals surface area contributed by atoms with Crippen molar-refractivity contribution in [1.29, 1.82) is 0 Å². The molecule has 0 aliphatic rings. The highest BCUT2D eigenvalue weighted by atomic mass is 16.3. The van der Waals surface area contributed by atoms with E-state index in [0.29, 0.717) is 5.71 Å². The lowest BCUT2D eigenvalue weighted by Crippen LogP contribution is -1.93. The van der Waals surface area contributed by atoms with Crippen LogP contribution in [0.25, 0.3) is 44.5 Å². The quantitative estimate of drug-likeness (QED) is 0.406. The highest BCUT2D eigenvalue weighted by Gasteiger charge is 2.19. The molecule has 5 rings (SSSR count). The Balaban J connectivity index is 1.91. The van der Waals surface area contributed by atoms with E-state index in [2.05, 4.69) is 47.7 Å². The number of hydrogen-bond donors (Lipinski definition) is 0. The van der Waals surface area contributed by atoms with Crippen molar-refractivity contribution in [2.75, 3.05) is 0 Å². The smallest absolute Gasteiger partial charge is 0.227 e. The number of benzene rings is 2. The van der Waals surface area contributed by atoms with Gasteiger partial charge in [0.25, 0.3) is 0 Å². The van der Waals surface area contributed by atoms with Crippen LogP contribution in [0.4, 0.5) is 0 Å². The average molecular weight is 341 g/mol. The van der Waals surface area contributed by atoms with Crippen molar-refractivity contribution in [2.45, 2.75) is 20.8 Å². The first-order chi connectivity index (χ1) is 12.5. The highest BCUT2D eigenvalue weighted by molar-refractivity contribution is 6.10. The number of para-hydroxylation sites is 2. The third-order valence-electron chi connectivity index (χ3n) is 5.29. The molecule has 26 heavy (non-hydrogen) atoms. The Morgan fingerprint density at radius 2 is 1.73 bits per heavy atom. The van der Waals surface area contributed by atoms with Gasteiger partial charge in [0.1, 0.15) is 11.4 Å². The summed E-state index contributed by atoms with van der Waals surface area (Å²) in [4.78, 5) is 9.51. The molecule has 0 N–H and O–H groups in total. The summed E-state index contributed by atoms with van der Waals surface area (Å²) < 4.78 is 8.36. The van der Waals surface area contributed by atoms with Crippen molar-refractivity contribution < 1.29 is 4.42 Å². The molecule has 128 valence electrons. The first kappa shape index (κ1) is 15.1. The Morgan fingerprint density at radius 3 is 2.54 bits per heavy atom. The lowest BCUT2D eigenvalue weighted by Gasteiger charge is -2.05. The Bertz CT molecular complexity index is 1320. The SMILES string of the molecule is Cc1cc2c(nc1C)oc1c(-c3nc4ccccc4n3C)ccc(C)c12. The Kier molecular flexibility index (Phi) is 3.02. The molecule has 0 aliphatic carbocycles. The molecule has 3 heterocycles. The minimum atomic E-state index is 0.692.